The van der Waals surface area contributed by atoms with Crippen molar-refractivity contribution in [2.45, 2.75) is 32.4 Å². The highest BCUT2D eigenvalue weighted by Gasteiger charge is 2.24. The van der Waals surface area contributed by atoms with Gasteiger partial charge in [0.25, 0.3) is 0 Å². The monoisotopic (exact) mass is 424 g/mol. The largest absolute Gasteiger partial charge is 0.497 e. The van der Waals surface area contributed by atoms with Crippen molar-refractivity contribution in [3.8, 4) is 5.75 Å². The Kier molecular flexibility index (Phi) is 8.53. The molecule has 1 aromatic heterocycles. The maximum absolute atomic E-state index is 5.46. The number of aromatic nitrogens is 1. The van der Waals surface area contributed by atoms with Gasteiger partial charge in [-0.15, -0.1) is 0 Å². The zero-order valence-corrected chi connectivity index (χ0v) is 19.3. The number of nitrogens with zero attached hydrogens (tertiary/aromatic N) is 4. The van der Waals surface area contributed by atoms with Crippen LogP contribution in [0.25, 0.3) is 0 Å². The number of guanidine groups is 1. The molecular formula is C24H36N6O. The summed E-state index contributed by atoms with van der Waals surface area (Å²) in [5, 5.41) is 6.93. The number of nitrogens with one attached hydrogen (secondary N) is 2. The van der Waals surface area contributed by atoms with E-state index in [1.54, 1.807) is 7.11 Å². The van der Waals surface area contributed by atoms with Gasteiger partial charge in [-0.1, -0.05) is 18.2 Å². The molecular weight excluding hydrogens is 388 g/mol. The maximum Gasteiger partial charge on any atom is 0.191 e. The van der Waals surface area contributed by atoms with Crippen LogP contribution in [-0.4, -0.2) is 63.2 Å². The molecule has 1 fully saturated rings. The molecule has 2 aromatic rings. The number of anilines is 1. The Bertz CT molecular complexity index is 847. The number of benzene rings is 1. The Morgan fingerprint density at radius 1 is 1.16 bits per heavy atom. The second-order valence-electron chi connectivity index (χ2n) is 7.99. The first-order chi connectivity index (χ1) is 15.1. The molecule has 1 unspecified atom stereocenters. The molecule has 7 heteroatoms. The van der Waals surface area contributed by atoms with Gasteiger partial charge in [0.15, 0.2) is 5.96 Å². The van der Waals surface area contributed by atoms with Gasteiger partial charge in [-0.3, -0.25) is 4.90 Å². The van der Waals surface area contributed by atoms with E-state index < -0.39 is 0 Å². The Balaban J connectivity index is 1.72. The lowest BCUT2D eigenvalue weighted by molar-refractivity contribution is 0.245. The lowest BCUT2D eigenvalue weighted by Crippen LogP contribution is -2.42. The molecule has 0 saturated carbocycles. The highest BCUT2D eigenvalue weighted by molar-refractivity contribution is 5.79. The van der Waals surface area contributed by atoms with Crippen LogP contribution in [0.5, 0.6) is 5.75 Å². The fourth-order valence-corrected chi connectivity index (χ4v) is 3.86. The lowest BCUT2D eigenvalue weighted by atomic mass is 10.1. The molecule has 0 spiro atoms. The highest BCUT2D eigenvalue weighted by Crippen LogP contribution is 2.27. The van der Waals surface area contributed by atoms with Crippen molar-refractivity contribution < 1.29 is 4.74 Å². The van der Waals surface area contributed by atoms with Gasteiger partial charge in [0.2, 0.25) is 0 Å². The minimum absolute atomic E-state index is 0.275. The van der Waals surface area contributed by atoms with Crippen molar-refractivity contribution >= 4 is 11.8 Å². The van der Waals surface area contributed by atoms with Crippen molar-refractivity contribution in [2.24, 2.45) is 4.99 Å². The Hall–Kier alpha value is -2.80. The van der Waals surface area contributed by atoms with Gasteiger partial charge in [-0.05, 0) is 62.7 Å². The number of aliphatic imine (C=N–C) groups is 1. The van der Waals surface area contributed by atoms with Crippen molar-refractivity contribution in [1.82, 2.24) is 20.5 Å². The normalized spacial score (nSPS) is 15.5. The van der Waals surface area contributed by atoms with Gasteiger partial charge in [0.05, 0.1) is 25.4 Å². The molecule has 1 aromatic carbocycles. The average molecular weight is 425 g/mol. The molecule has 0 radical (unpaired) electrons. The van der Waals surface area contributed by atoms with Crippen LogP contribution in [0.2, 0.25) is 0 Å². The van der Waals surface area contributed by atoms with E-state index in [9.17, 15) is 0 Å². The fraction of sp³-hybridized carbons (Fsp3) is 0.500. The number of pyridine rings is 1. The van der Waals surface area contributed by atoms with E-state index in [0.29, 0.717) is 6.54 Å². The summed E-state index contributed by atoms with van der Waals surface area (Å²) >= 11 is 0. The van der Waals surface area contributed by atoms with E-state index in [1.807, 2.05) is 43.3 Å². The number of hydrogen-bond acceptors (Lipinski definition) is 5. The molecule has 168 valence electrons. The van der Waals surface area contributed by atoms with E-state index in [0.717, 1.165) is 49.4 Å². The zero-order chi connectivity index (χ0) is 22.1. The van der Waals surface area contributed by atoms with E-state index in [2.05, 4.69) is 45.6 Å². The molecule has 0 amide bonds. The third-order valence-corrected chi connectivity index (χ3v) is 5.52. The Labute approximate surface area is 186 Å². The van der Waals surface area contributed by atoms with Gasteiger partial charge in [0, 0.05) is 27.2 Å². The number of ether oxygens (including phenoxy) is 1. The summed E-state index contributed by atoms with van der Waals surface area (Å²) in [4.78, 5) is 14.0. The summed E-state index contributed by atoms with van der Waals surface area (Å²) in [5.74, 6) is 2.65. The number of rotatable bonds is 9. The van der Waals surface area contributed by atoms with Crippen LogP contribution >= 0.6 is 0 Å². The topological polar surface area (TPSA) is 65.0 Å². The highest BCUT2D eigenvalue weighted by atomic mass is 16.5. The van der Waals surface area contributed by atoms with Crippen molar-refractivity contribution in [1.29, 1.82) is 0 Å². The molecule has 3 rings (SSSR count). The molecule has 1 saturated heterocycles. The van der Waals surface area contributed by atoms with E-state index in [4.69, 9.17) is 9.73 Å². The first-order valence-electron chi connectivity index (χ1n) is 11.1. The first-order valence-corrected chi connectivity index (χ1v) is 11.1. The van der Waals surface area contributed by atoms with Gasteiger partial charge in [-0.2, -0.15) is 0 Å². The molecule has 0 bridgehead atoms. The second kappa shape index (κ2) is 11.6. The standard InChI is InChI=1S/C24H36N6O/c1-5-25-24(26-17-20-11-9-13-23(28-20)29(2)3)27-18-22(30-14-6-7-15-30)19-10-8-12-21(16-19)31-4/h8-13,16,22H,5-7,14-15,17-18H2,1-4H3,(H2,25,26,27). The van der Waals surface area contributed by atoms with Gasteiger partial charge in [-0.25, -0.2) is 9.98 Å². The van der Waals surface area contributed by atoms with E-state index in [-0.39, 0.29) is 6.04 Å². The van der Waals surface area contributed by atoms with E-state index in [1.165, 1.54) is 18.4 Å². The van der Waals surface area contributed by atoms with Crippen LogP contribution in [0.1, 0.15) is 37.1 Å². The van der Waals surface area contributed by atoms with Crippen molar-refractivity contribution in [3.05, 3.63) is 53.7 Å². The van der Waals surface area contributed by atoms with Gasteiger partial charge in [0.1, 0.15) is 11.6 Å². The Morgan fingerprint density at radius 3 is 2.65 bits per heavy atom. The smallest absolute Gasteiger partial charge is 0.191 e. The third kappa shape index (κ3) is 6.59. The molecule has 1 atom stereocenters. The molecule has 2 heterocycles. The van der Waals surface area contributed by atoms with Crippen LogP contribution < -0.4 is 20.3 Å². The summed E-state index contributed by atoms with van der Waals surface area (Å²) in [5.41, 5.74) is 2.22. The predicted molar refractivity (Wildman–Crippen MR) is 128 cm³/mol. The van der Waals surface area contributed by atoms with Crippen molar-refractivity contribution in [3.63, 3.8) is 0 Å². The van der Waals surface area contributed by atoms with Crippen LogP contribution in [0.4, 0.5) is 5.82 Å². The molecule has 7 nitrogen and oxygen atoms in total. The molecule has 1 aliphatic heterocycles. The minimum Gasteiger partial charge on any atom is -0.497 e. The molecule has 31 heavy (non-hydrogen) atoms. The molecule has 2 N–H and O–H groups in total. The average Bonchev–Trinajstić information content (AvgIpc) is 3.32. The first kappa shape index (κ1) is 22.9. The summed E-state index contributed by atoms with van der Waals surface area (Å²) in [6, 6.07) is 14.7. The Morgan fingerprint density at radius 2 is 1.94 bits per heavy atom. The summed E-state index contributed by atoms with van der Waals surface area (Å²) in [6.45, 7) is 6.46. The van der Waals surface area contributed by atoms with Crippen LogP contribution in [0.3, 0.4) is 0 Å². The number of hydrogen-bond donors (Lipinski definition) is 2. The van der Waals surface area contributed by atoms with Gasteiger partial charge < -0.3 is 20.3 Å². The summed E-state index contributed by atoms with van der Waals surface area (Å²) in [6.07, 6.45) is 2.50. The summed E-state index contributed by atoms with van der Waals surface area (Å²) < 4.78 is 5.46. The maximum atomic E-state index is 5.46. The molecule has 0 aliphatic carbocycles. The second-order valence-corrected chi connectivity index (χ2v) is 7.99. The number of likely N-dealkylation sites (tertiary alicyclic amines) is 1. The van der Waals surface area contributed by atoms with Crippen LogP contribution in [0.15, 0.2) is 47.5 Å². The minimum atomic E-state index is 0.275. The fourth-order valence-electron chi connectivity index (χ4n) is 3.86. The van der Waals surface area contributed by atoms with Crippen molar-refractivity contribution in [2.75, 3.05) is 52.3 Å². The van der Waals surface area contributed by atoms with Crippen LogP contribution in [-0.2, 0) is 6.54 Å². The van der Waals surface area contributed by atoms with Gasteiger partial charge >= 0.3 is 0 Å². The molecule has 1 aliphatic rings. The number of methoxy groups -OCH3 is 1. The summed E-state index contributed by atoms with van der Waals surface area (Å²) in [7, 11) is 5.72. The third-order valence-electron chi connectivity index (χ3n) is 5.52. The zero-order valence-electron chi connectivity index (χ0n) is 19.3. The van der Waals surface area contributed by atoms with Crippen LogP contribution in [0, 0.1) is 0 Å². The van der Waals surface area contributed by atoms with E-state index >= 15 is 0 Å². The SMILES string of the molecule is CCNC(=NCc1cccc(N(C)C)n1)NCC(c1cccc(OC)c1)N1CCCC1. The predicted octanol–water partition coefficient (Wildman–Crippen LogP) is 3.05. The quantitative estimate of drug-likeness (QED) is 0.477. The lowest BCUT2D eigenvalue weighted by Gasteiger charge is -2.29.